The first-order valence-electron chi connectivity index (χ1n) is 6.45. The Morgan fingerprint density at radius 1 is 1.42 bits per heavy atom. The van der Waals surface area contributed by atoms with Crippen LogP contribution in [0.25, 0.3) is 0 Å². The van der Waals surface area contributed by atoms with Crippen LogP contribution in [-0.2, 0) is 4.79 Å². The van der Waals surface area contributed by atoms with Gasteiger partial charge in [-0.05, 0) is 36.6 Å². The molecule has 0 heterocycles. The highest BCUT2D eigenvalue weighted by atomic mass is 19.1. The molecule has 0 fully saturated rings. The Balaban J connectivity index is 2.73. The number of benzene rings is 1. The second kappa shape index (κ2) is 7.09. The van der Waals surface area contributed by atoms with Gasteiger partial charge in [0.2, 0.25) is 5.91 Å². The largest absolute Gasteiger partial charge is 0.382 e. The number of nitrogens with two attached hydrogens (primary N) is 1. The summed E-state index contributed by atoms with van der Waals surface area (Å²) < 4.78 is 13.7. The first-order valence-corrected chi connectivity index (χ1v) is 6.45. The average Bonchev–Trinajstić information content (AvgIpc) is 2.32. The maximum atomic E-state index is 13.7. The third-order valence-corrected chi connectivity index (χ3v) is 3.09. The molecule has 0 spiro atoms. The highest BCUT2D eigenvalue weighted by Gasteiger charge is 2.12. The van der Waals surface area contributed by atoms with Crippen molar-refractivity contribution in [3.63, 3.8) is 0 Å². The van der Waals surface area contributed by atoms with Gasteiger partial charge in [0.1, 0.15) is 5.82 Å². The second-order valence-corrected chi connectivity index (χ2v) is 5.00. The lowest BCUT2D eigenvalue weighted by Crippen LogP contribution is -2.27. The molecule has 1 rings (SSSR count). The number of rotatable bonds is 6. The van der Waals surface area contributed by atoms with E-state index in [-0.39, 0.29) is 17.6 Å². The van der Waals surface area contributed by atoms with Crippen molar-refractivity contribution in [1.29, 1.82) is 0 Å². The lowest BCUT2D eigenvalue weighted by Gasteiger charge is -2.20. The SMILES string of the molecule is CC(=O)Nc1ccc(F)c(NCC(CN)C(C)C)c1. The molecular formula is C14H22FN3O. The van der Waals surface area contributed by atoms with E-state index < -0.39 is 0 Å². The van der Waals surface area contributed by atoms with Crippen molar-refractivity contribution in [1.82, 2.24) is 0 Å². The fourth-order valence-electron chi connectivity index (χ4n) is 1.77. The smallest absolute Gasteiger partial charge is 0.221 e. The summed E-state index contributed by atoms with van der Waals surface area (Å²) in [5, 5.41) is 5.68. The van der Waals surface area contributed by atoms with Crippen LogP contribution in [0.1, 0.15) is 20.8 Å². The maximum absolute atomic E-state index is 13.7. The summed E-state index contributed by atoms with van der Waals surface area (Å²) in [4.78, 5) is 11.0. The second-order valence-electron chi connectivity index (χ2n) is 5.00. The van der Waals surface area contributed by atoms with Crippen LogP contribution in [0.5, 0.6) is 0 Å². The molecule has 4 nitrogen and oxygen atoms in total. The quantitative estimate of drug-likeness (QED) is 0.741. The molecule has 0 bridgehead atoms. The van der Waals surface area contributed by atoms with E-state index in [1.807, 2.05) is 0 Å². The van der Waals surface area contributed by atoms with Crippen molar-refractivity contribution in [2.75, 3.05) is 23.7 Å². The molecule has 4 N–H and O–H groups in total. The predicted molar refractivity (Wildman–Crippen MR) is 76.6 cm³/mol. The topological polar surface area (TPSA) is 67.2 Å². The zero-order chi connectivity index (χ0) is 14.4. The van der Waals surface area contributed by atoms with Gasteiger partial charge in [-0.25, -0.2) is 4.39 Å². The number of halogens is 1. The van der Waals surface area contributed by atoms with E-state index in [1.165, 1.54) is 19.1 Å². The van der Waals surface area contributed by atoms with Crippen LogP contribution in [0.15, 0.2) is 18.2 Å². The van der Waals surface area contributed by atoms with Crippen LogP contribution in [0.4, 0.5) is 15.8 Å². The summed E-state index contributed by atoms with van der Waals surface area (Å²) in [6.07, 6.45) is 0. The molecular weight excluding hydrogens is 245 g/mol. The van der Waals surface area contributed by atoms with Crippen LogP contribution in [0.2, 0.25) is 0 Å². The van der Waals surface area contributed by atoms with Gasteiger partial charge >= 0.3 is 0 Å². The van der Waals surface area contributed by atoms with Crippen LogP contribution in [0, 0.1) is 17.7 Å². The minimum Gasteiger partial charge on any atom is -0.382 e. The average molecular weight is 267 g/mol. The van der Waals surface area contributed by atoms with E-state index in [9.17, 15) is 9.18 Å². The minimum atomic E-state index is -0.339. The molecule has 0 aliphatic carbocycles. The molecule has 5 heteroatoms. The zero-order valence-corrected chi connectivity index (χ0v) is 11.7. The van der Waals surface area contributed by atoms with Crippen molar-refractivity contribution < 1.29 is 9.18 Å². The van der Waals surface area contributed by atoms with Gasteiger partial charge in [0, 0.05) is 19.2 Å². The molecule has 0 saturated heterocycles. The van der Waals surface area contributed by atoms with E-state index in [0.717, 1.165) is 0 Å². The predicted octanol–water partition coefficient (Wildman–Crippen LogP) is 2.43. The standard InChI is InChI=1S/C14H22FN3O/c1-9(2)11(7-16)8-17-14-6-12(18-10(3)19)4-5-13(14)15/h4-6,9,11,17H,7-8,16H2,1-3H3,(H,18,19). The number of nitrogens with one attached hydrogen (secondary N) is 2. The molecule has 0 aliphatic heterocycles. The summed E-state index contributed by atoms with van der Waals surface area (Å²) in [6, 6.07) is 4.45. The summed E-state index contributed by atoms with van der Waals surface area (Å²) in [7, 11) is 0. The molecule has 0 aliphatic rings. The molecule has 1 amide bonds. The van der Waals surface area contributed by atoms with Crippen molar-refractivity contribution in [3.8, 4) is 0 Å². The van der Waals surface area contributed by atoms with Crippen molar-refractivity contribution in [2.24, 2.45) is 17.6 Å². The third-order valence-electron chi connectivity index (χ3n) is 3.09. The molecule has 1 atom stereocenters. The van der Waals surface area contributed by atoms with Crippen LogP contribution in [-0.4, -0.2) is 19.0 Å². The Bertz CT molecular complexity index is 435. The highest BCUT2D eigenvalue weighted by molar-refractivity contribution is 5.89. The molecule has 19 heavy (non-hydrogen) atoms. The van der Waals surface area contributed by atoms with Gasteiger partial charge in [-0.2, -0.15) is 0 Å². The number of amides is 1. The Kier molecular flexibility index (Phi) is 5.76. The fourth-order valence-corrected chi connectivity index (χ4v) is 1.77. The molecule has 0 aromatic heterocycles. The minimum absolute atomic E-state index is 0.181. The Hall–Kier alpha value is -1.62. The maximum Gasteiger partial charge on any atom is 0.221 e. The fraction of sp³-hybridized carbons (Fsp3) is 0.500. The Labute approximate surface area is 113 Å². The van der Waals surface area contributed by atoms with Gasteiger partial charge in [-0.15, -0.1) is 0 Å². The van der Waals surface area contributed by atoms with E-state index in [1.54, 1.807) is 6.07 Å². The molecule has 1 aromatic carbocycles. The summed E-state index contributed by atoms with van der Waals surface area (Å²) in [5.74, 6) is 0.191. The van der Waals surface area contributed by atoms with Gasteiger partial charge in [0.25, 0.3) is 0 Å². The molecule has 0 saturated carbocycles. The first kappa shape index (κ1) is 15.4. The Morgan fingerprint density at radius 2 is 2.11 bits per heavy atom. The zero-order valence-electron chi connectivity index (χ0n) is 11.7. The number of carbonyl (C=O) groups excluding carboxylic acids is 1. The van der Waals surface area contributed by atoms with E-state index in [0.29, 0.717) is 30.4 Å². The summed E-state index contributed by atoms with van der Waals surface area (Å²) in [5.41, 5.74) is 6.64. The number of hydrogen-bond acceptors (Lipinski definition) is 3. The third kappa shape index (κ3) is 4.87. The molecule has 1 aromatic rings. The molecule has 1 unspecified atom stereocenters. The lowest BCUT2D eigenvalue weighted by atomic mass is 9.96. The van der Waals surface area contributed by atoms with Gasteiger partial charge in [0.05, 0.1) is 5.69 Å². The van der Waals surface area contributed by atoms with Crippen LogP contribution in [0.3, 0.4) is 0 Å². The van der Waals surface area contributed by atoms with Crippen molar-refractivity contribution >= 4 is 17.3 Å². The molecule has 0 radical (unpaired) electrons. The highest BCUT2D eigenvalue weighted by Crippen LogP contribution is 2.20. The van der Waals surface area contributed by atoms with Gasteiger partial charge in [0.15, 0.2) is 0 Å². The van der Waals surface area contributed by atoms with Gasteiger partial charge in [-0.3, -0.25) is 4.79 Å². The number of anilines is 2. The number of carbonyl (C=O) groups is 1. The summed E-state index contributed by atoms with van der Waals surface area (Å²) in [6.45, 7) is 6.75. The van der Waals surface area contributed by atoms with E-state index in [4.69, 9.17) is 5.73 Å². The Morgan fingerprint density at radius 3 is 2.63 bits per heavy atom. The van der Waals surface area contributed by atoms with E-state index in [2.05, 4.69) is 24.5 Å². The normalized spacial score (nSPS) is 12.3. The first-order chi connectivity index (χ1) is 8.93. The van der Waals surface area contributed by atoms with Crippen molar-refractivity contribution in [2.45, 2.75) is 20.8 Å². The van der Waals surface area contributed by atoms with Gasteiger partial charge in [-0.1, -0.05) is 13.8 Å². The monoisotopic (exact) mass is 267 g/mol. The van der Waals surface area contributed by atoms with Gasteiger partial charge < -0.3 is 16.4 Å². The summed E-state index contributed by atoms with van der Waals surface area (Å²) >= 11 is 0. The van der Waals surface area contributed by atoms with Crippen LogP contribution < -0.4 is 16.4 Å². The number of hydrogen-bond donors (Lipinski definition) is 3. The van der Waals surface area contributed by atoms with E-state index >= 15 is 0 Å². The van der Waals surface area contributed by atoms with Crippen LogP contribution >= 0.6 is 0 Å². The lowest BCUT2D eigenvalue weighted by molar-refractivity contribution is -0.114. The van der Waals surface area contributed by atoms with Crippen molar-refractivity contribution in [3.05, 3.63) is 24.0 Å². The molecule has 106 valence electrons.